The number of primary amides is 1. The van der Waals surface area contributed by atoms with Crippen LogP contribution >= 0.6 is 11.6 Å². The summed E-state index contributed by atoms with van der Waals surface area (Å²) in [6, 6.07) is 15.9. The average molecular weight is 343 g/mol. The summed E-state index contributed by atoms with van der Waals surface area (Å²) in [4.78, 5) is 11.3. The highest BCUT2D eigenvalue weighted by Crippen LogP contribution is 2.36. The molecule has 126 valence electrons. The Hall–Kier alpha value is -1.84. The number of hydrogen-bond acceptors (Lipinski definition) is 2. The third kappa shape index (κ3) is 4.16. The molecule has 1 aliphatic rings. The lowest BCUT2D eigenvalue weighted by Crippen LogP contribution is -2.27. The van der Waals surface area contributed by atoms with Gasteiger partial charge in [0.25, 0.3) is 0 Å². The van der Waals surface area contributed by atoms with Gasteiger partial charge in [-0.15, -0.1) is 0 Å². The molecule has 3 N–H and O–H groups in total. The van der Waals surface area contributed by atoms with Gasteiger partial charge in [0.15, 0.2) is 0 Å². The van der Waals surface area contributed by atoms with E-state index in [1.54, 1.807) is 6.07 Å². The minimum absolute atomic E-state index is 0.307. The summed E-state index contributed by atoms with van der Waals surface area (Å²) in [5.41, 5.74) is 8.27. The second-order valence-corrected chi connectivity index (χ2v) is 6.96. The van der Waals surface area contributed by atoms with E-state index in [2.05, 4.69) is 17.4 Å². The van der Waals surface area contributed by atoms with Crippen molar-refractivity contribution in [2.45, 2.75) is 38.3 Å². The number of carbonyl (C=O) groups is 1. The van der Waals surface area contributed by atoms with E-state index >= 15 is 0 Å². The van der Waals surface area contributed by atoms with Gasteiger partial charge >= 0.3 is 0 Å². The zero-order valence-corrected chi connectivity index (χ0v) is 14.4. The molecule has 0 saturated heterocycles. The summed E-state index contributed by atoms with van der Waals surface area (Å²) >= 11 is 6.03. The fraction of sp³-hybridized carbons (Fsp3) is 0.350. The number of nitrogens with one attached hydrogen (secondary N) is 1. The molecule has 1 aliphatic carbocycles. The van der Waals surface area contributed by atoms with Crippen molar-refractivity contribution in [1.29, 1.82) is 0 Å². The fourth-order valence-corrected chi connectivity index (χ4v) is 3.71. The Balaban J connectivity index is 1.75. The molecule has 4 heteroatoms. The Morgan fingerprint density at radius 3 is 2.54 bits per heavy atom. The van der Waals surface area contributed by atoms with Gasteiger partial charge in [-0.2, -0.15) is 0 Å². The van der Waals surface area contributed by atoms with Crippen molar-refractivity contribution in [2.24, 2.45) is 11.7 Å². The van der Waals surface area contributed by atoms with Gasteiger partial charge in [0.1, 0.15) is 0 Å². The van der Waals surface area contributed by atoms with E-state index in [1.807, 2.05) is 30.3 Å². The number of carbonyl (C=O) groups excluding carboxylic acids is 1. The van der Waals surface area contributed by atoms with Crippen molar-refractivity contribution in [1.82, 2.24) is 5.32 Å². The van der Waals surface area contributed by atoms with Crippen molar-refractivity contribution in [3.63, 3.8) is 0 Å². The third-order valence-electron chi connectivity index (χ3n) is 4.84. The number of halogens is 1. The van der Waals surface area contributed by atoms with Gasteiger partial charge in [-0.25, -0.2) is 0 Å². The number of nitrogens with two attached hydrogens (primary N) is 1. The van der Waals surface area contributed by atoms with E-state index < -0.39 is 0 Å². The van der Waals surface area contributed by atoms with Gasteiger partial charge < -0.3 is 11.1 Å². The van der Waals surface area contributed by atoms with Crippen molar-refractivity contribution in [2.75, 3.05) is 0 Å². The molecule has 3 rings (SSSR count). The first kappa shape index (κ1) is 17.0. The summed E-state index contributed by atoms with van der Waals surface area (Å²) < 4.78 is 0. The molecule has 0 bridgehead atoms. The molecular formula is C20H23ClN2O. The Morgan fingerprint density at radius 1 is 1.17 bits per heavy atom. The second kappa shape index (κ2) is 7.82. The molecule has 24 heavy (non-hydrogen) atoms. The van der Waals surface area contributed by atoms with Crippen LogP contribution in [0.25, 0.3) is 0 Å². The second-order valence-electron chi connectivity index (χ2n) is 6.52. The molecule has 3 nitrogen and oxygen atoms in total. The van der Waals surface area contributed by atoms with Crippen LogP contribution in [0.5, 0.6) is 0 Å². The number of hydrogen-bond donors (Lipinski definition) is 2. The molecule has 1 saturated carbocycles. The first-order chi connectivity index (χ1) is 11.6. The summed E-state index contributed by atoms with van der Waals surface area (Å²) in [5.74, 6) is 0.257. The van der Waals surface area contributed by atoms with E-state index in [0.717, 1.165) is 10.6 Å². The number of amides is 1. The summed E-state index contributed by atoms with van der Waals surface area (Å²) in [6.45, 7) is 0.713. The first-order valence-electron chi connectivity index (χ1n) is 8.51. The van der Waals surface area contributed by atoms with E-state index in [-0.39, 0.29) is 5.91 Å². The Labute approximate surface area is 148 Å². The minimum atomic E-state index is -0.387. The van der Waals surface area contributed by atoms with Crippen LogP contribution in [0, 0.1) is 5.92 Å². The standard InChI is InChI=1S/C20H23ClN2O/c21-18-10-8-16(9-11-18)19(15-5-1-2-6-15)23-13-14-4-3-7-17(12-14)20(22)24/h3-4,7-12,15,19,23H,1-2,5-6,13H2,(H2,22,24)/t19-/m1/s1. The highest BCUT2D eigenvalue weighted by Gasteiger charge is 2.26. The van der Waals surface area contributed by atoms with Crippen LogP contribution in [0.15, 0.2) is 48.5 Å². The van der Waals surface area contributed by atoms with Crippen molar-refractivity contribution in [3.05, 3.63) is 70.2 Å². The van der Waals surface area contributed by atoms with Crippen LogP contribution in [0.3, 0.4) is 0 Å². The maximum atomic E-state index is 11.3. The lowest BCUT2D eigenvalue weighted by Gasteiger charge is -2.25. The maximum absolute atomic E-state index is 11.3. The van der Waals surface area contributed by atoms with Crippen LogP contribution in [-0.4, -0.2) is 5.91 Å². The average Bonchev–Trinajstić information content (AvgIpc) is 3.11. The van der Waals surface area contributed by atoms with Crippen LogP contribution in [-0.2, 0) is 6.54 Å². The van der Waals surface area contributed by atoms with E-state index in [1.165, 1.54) is 31.2 Å². The molecule has 0 radical (unpaired) electrons. The predicted octanol–water partition coefficient (Wildman–Crippen LogP) is 4.46. The first-order valence-corrected chi connectivity index (χ1v) is 8.89. The van der Waals surface area contributed by atoms with Crippen LogP contribution < -0.4 is 11.1 Å². The van der Waals surface area contributed by atoms with Gasteiger partial charge in [-0.05, 0) is 54.2 Å². The minimum Gasteiger partial charge on any atom is -0.366 e. The monoisotopic (exact) mass is 342 g/mol. The summed E-state index contributed by atoms with van der Waals surface area (Å²) in [5, 5.41) is 4.45. The highest BCUT2D eigenvalue weighted by atomic mass is 35.5. The lowest BCUT2D eigenvalue weighted by molar-refractivity contribution is 0.1000. The zero-order valence-electron chi connectivity index (χ0n) is 13.7. The molecule has 0 aliphatic heterocycles. The Bertz CT molecular complexity index is 693. The van der Waals surface area contributed by atoms with E-state index in [4.69, 9.17) is 17.3 Å². The quantitative estimate of drug-likeness (QED) is 0.814. The van der Waals surface area contributed by atoms with Gasteiger partial charge in [0.05, 0.1) is 0 Å². The summed E-state index contributed by atoms with van der Waals surface area (Å²) in [6.07, 6.45) is 5.10. The molecule has 1 fully saturated rings. The molecule has 0 unspecified atom stereocenters. The fourth-order valence-electron chi connectivity index (χ4n) is 3.58. The SMILES string of the molecule is NC(=O)c1cccc(CN[C@@H](c2ccc(Cl)cc2)C2CCCC2)c1. The largest absolute Gasteiger partial charge is 0.366 e. The molecule has 2 aromatic carbocycles. The molecule has 0 spiro atoms. The molecule has 1 amide bonds. The van der Waals surface area contributed by atoms with Gasteiger partial charge in [0.2, 0.25) is 5.91 Å². The van der Waals surface area contributed by atoms with Gasteiger partial charge in [-0.3, -0.25) is 4.79 Å². The third-order valence-corrected chi connectivity index (χ3v) is 5.09. The van der Waals surface area contributed by atoms with Crippen LogP contribution in [0.4, 0.5) is 0 Å². The molecule has 2 aromatic rings. The highest BCUT2D eigenvalue weighted by molar-refractivity contribution is 6.30. The molecule has 0 heterocycles. The zero-order chi connectivity index (χ0) is 16.9. The van der Waals surface area contributed by atoms with Crippen molar-refractivity contribution < 1.29 is 4.79 Å². The van der Waals surface area contributed by atoms with Crippen LogP contribution in [0.1, 0.15) is 53.2 Å². The lowest BCUT2D eigenvalue weighted by atomic mass is 9.91. The Kier molecular flexibility index (Phi) is 5.54. The Morgan fingerprint density at radius 2 is 1.88 bits per heavy atom. The van der Waals surface area contributed by atoms with E-state index in [0.29, 0.717) is 24.1 Å². The van der Waals surface area contributed by atoms with Crippen LogP contribution in [0.2, 0.25) is 5.02 Å². The van der Waals surface area contributed by atoms with Crippen molar-refractivity contribution in [3.8, 4) is 0 Å². The molecular weight excluding hydrogens is 320 g/mol. The predicted molar refractivity (Wildman–Crippen MR) is 98.0 cm³/mol. The van der Waals surface area contributed by atoms with Gasteiger partial charge in [-0.1, -0.05) is 48.7 Å². The molecule has 0 aromatic heterocycles. The number of rotatable bonds is 6. The topological polar surface area (TPSA) is 55.1 Å². The van der Waals surface area contributed by atoms with Crippen molar-refractivity contribution >= 4 is 17.5 Å². The summed E-state index contributed by atoms with van der Waals surface area (Å²) in [7, 11) is 0. The number of benzene rings is 2. The normalized spacial score (nSPS) is 16.2. The smallest absolute Gasteiger partial charge is 0.248 e. The maximum Gasteiger partial charge on any atom is 0.248 e. The van der Waals surface area contributed by atoms with Gasteiger partial charge in [0, 0.05) is 23.2 Å². The molecule has 1 atom stereocenters. The van der Waals surface area contributed by atoms with E-state index in [9.17, 15) is 4.79 Å².